The van der Waals surface area contributed by atoms with Gasteiger partial charge in [0.1, 0.15) is 6.61 Å². The maximum absolute atomic E-state index is 11.9. The molecule has 98 valence electrons. The zero-order chi connectivity index (χ0) is 13.4. The molecule has 1 amide bonds. The molecule has 0 bridgehead atoms. The van der Waals surface area contributed by atoms with E-state index in [4.69, 9.17) is 5.11 Å². The Labute approximate surface area is 112 Å². The number of aliphatic hydroxyl groups is 1. The standard InChI is InChI=1S/C14H19NO2S/c1-3-11(4-2)10-15-14(17)13-8-7-12(18-13)6-5-9-16/h7-8,11,16H,3-4,9-10H2,1-2H3,(H,15,17). The number of hydrogen-bond acceptors (Lipinski definition) is 3. The summed E-state index contributed by atoms with van der Waals surface area (Å²) < 4.78 is 0. The molecule has 0 fully saturated rings. The fraction of sp³-hybridized carbons (Fsp3) is 0.500. The number of rotatable bonds is 5. The SMILES string of the molecule is CCC(CC)CNC(=O)c1ccc(C#CCO)s1. The van der Waals surface area contributed by atoms with Crippen LogP contribution in [-0.4, -0.2) is 24.2 Å². The Bertz CT molecular complexity index is 438. The summed E-state index contributed by atoms with van der Waals surface area (Å²) in [5.41, 5.74) is 0. The first kappa shape index (κ1) is 14.7. The Morgan fingerprint density at radius 2 is 2.17 bits per heavy atom. The van der Waals surface area contributed by atoms with Crippen LogP contribution in [0.15, 0.2) is 12.1 Å². The maximum atomic E-state index is 11.9. The smallest absolute Gasteiger partial charge is 0.261 e. The van der Waals surface area contributed by atoms with Crippen LogP contribution in [0, 0.1) is 17.8 Å². The van der Waals surface area contributed by atoms with Gasteiger partial charge in [-0.05, 0) is 18.1 Å². The molecule has 1 heterocycles. The highest BCUT2D eigenvalue weighted by Gasteiger charge is 2.10. The van der Waals surface area contributed by atoms with Crippen LogP contribution in [-0.2, 0) is 0 Å². The van der Waals surface area contributed by atoms with Gasteiger partial charge in [-0.3, -0.25) is 4.79 Å². The van der Waals surface area contributed by atoms with Crippen molar-refractivity contribution in [3.8, 4) is 11.8 Å². The van der Waals surface area contributed by atoms with Crippen LogP contribution in [0.4, 0.5) is 0 Å². The van der Waals surface area contributed by atoms with E-state index in [9.17, 15) is 4.79 Å². The molecule has 0 unspecified atom stereocenters. The monoisotopic (exact) mass is 265 g/mol. The summed E-state index contributed by atoms with van der Waals surface area (Å²) in [6.45, 7) is 4.83. The lowest BCUT2D eigenvalue weighted by Gasteiger charge is -2.12. The number of hydrogen-bond donors (Lipinski definition) is 2. The molecule has 18 heavy (non-hydrogen) atoms. The van der Waals surface area contributed by atoms with E-state index in [2.05, 4.69) is 31.0 Å². The highest BCUT2D eigenvalue weighted by molar-refractivity contribution is 7.14. The van der Waals surface area contributed by atoms with Crippen LogP contribution >= 0.6 is 11.3 Å². The molecule has 0 atom stereocenters. The molecule has 0 aliphatic carbocycles. The quantitative estimate of drug-likeness (QED) is 0.802. The van der Waals surface area contributed by atoms with Crippen LogP contribution in [0.1, 0.15) is 41.2 Å². The molecule has 2 N–H and O–H groups in total. The molecule has 1 aromatic heterocycles. The van der Waals surface area contributed by atoms with Crippen LogP contribution < -0.4 is 5.32 Å². The minimum atomic E-state index is -0.159. The van der Waals surface area contributed by atoms with Gasteiger partial charge in [0.15, 0.2) is 0 Å². The number of carbonyl (C=O) groups excluding carboxylic acids is 1. The normalized spacial score (nSPS) is 10.0. The maximum Gasteiger partial charge on any atom is 0.261 e. The van der Waals surface area contributed by atoms with Crippen LogP contribution in [0.5, 0.6) is 0 Å². The van der Waals surface area contributed by atoms with Crippen molar-refractivity contribution in [1.82, 2.24) is 5.32 Å². The van der Waals surface area contributed by atoms with Crippen molar-refractivity contribution >= 4 is 17.2 Å². The summed E-state index contributed by atoms with van der Waals surface area (Å²) in [6, 6.07) is 3.58. The summed E-state index contributed by atoms with van der Waals surface area (Å²) in [5.74, 6) is 5.87. The second-order valence-corrected chi connectivity index (χ2v) is 5.10. The molecule has 0 aliphatic heterocycles. The van der Waals surface area contributed by atoms with E-state index >= 15 is 0 Å². The summed E-state index contributed by atoms with van der Waals surface area (Å²) in [4.78, 5) is 13.3. The van der Waals surface area contributed by atoms with E-state index in [1.165, 1.54) is 11.3 Å². The molecule has 0 radical (unpaired) electrons. The molecule has 0 saturated heterocycles. The van der Waals surface area contributed by atoms with Crippen molar-refractivity contribution in [2.24, 2.45) is 5.92 Å². The molecule has 0 saturated carbocycles. The van der Waals surface area contributed by atoms with Crippen LogP contribution in [0.2, 0.25) is 0 Å². The van der Waals surface area contributed by atoms with E-state index < -0.39 is 0 Å². The van der Waals surface area contributed by atoms with Crippen molar-refractivity contribution in [2.75, 3.05) is 13.2 Å². The van der Waals surface area contributed by atoms with E-state index in [0.29, 0.717) is 10.8 Å². The Morgan fingerprint density at radius 3 is 2.78 bits per heavy atom. The summed E-state index contributed by atoms with van der Waals surface area (Å²) in [7, 11) is 0. The van der Waals surface area contributed by atoms with Crippen molar-refractivity contribution in [2.45, 2.75) is 26.7 Å². The van der Waals surface area contributed by atoms with E-state index in [0.717, 1.165) is 24.3 Å². The molecule has 0 spiro atoms. The van der Waals surface area contributed by atoms with Gasteiger partial charge in [0.2, 0.25) is 0 Å². The summed E-state index contributed by atoms with van der Waals surface area (Å²) >= 11 is 1.35. The number of thiophene rings is 1. The largest absolute Gasteiger partial charge is 0.384 e. The second kappa shape index (κ2) is 7.91. The third-order valence-electron chi connectivity index (χ3n) is 2.83. The predicted molar refractivity (Wildman–Crippen MR) is 74.7 cm³/mol. The summed E-state index contributed by atoms with van der Waals surface area (Å²) in [5, 5.41) is 11.5. The molecule has 0 aliphatic rings. The zero-order valence-corrected chi connectivity index (χ0v) is 11.6. The molecule has 1 rings (SSSR count). The average Bonchev–Trinajstić information content (AvgIpc) is 2.86. The Morgan fingerprint density at radius 1 is 1.44 bits per heavy atom. The van der Waals surface area contributed by atoms with Gasteiger partial charge >= 0.3 is 0 Å². The number of amides is 1. The molecule has 4 heteroatoms. The minimum Gasteiger partial charge on any atom is -0.384 e. The lowest BCUT2D eigenvalue weighted by Crippen LogP contribution is -2.28. The third-order valence-corrected chi connectivity index (χ3v) is 3.83. The van der Waals surface area contributed by atoms with Gasteiger partial charge in [-0.15, -0.1) is 11.3 Å². The molecular weight excluding hydrogens is 246 g/mol. The minimum absolute atomic E-state index is 0.0380. The molecule has 3 nitrogen and oxygen atoms in total. The van der Waals surface area contributed by atoms with Crippen molar-refractivity contribution in [3.05, 3.63) is 21.9 Å². The van der Waals surface area contributed by atoms with Crippen molar-refractivity contribution in [3.63, 3.8) is 0 Å². The lowest BCUT2D eigenvalue weighted by atomic mass is 10.0. The first-order valence-electron chi connectivity index (χ1n) is 6.19. The zero-order valence-electron chi connectivity index (χ0n) is 10.8. The number of aliphatic hydroxyl groups excluding tert-OH is 1. The van der Waals surface area contributed by atoms with Gasteiger partial charge in [0, 0.05) is 6.54 Å². The predicted octanol–water partition coefficient (Wildman–Crippen LogP) is 2.26. The Hall–Kier alpha value is -1.31. The first-order valence-corrected chi connectivity index (χ1v) is 7.00. The molecule has 1 aromatic rings. The molecule has 0 aromatic carbocycles. The fourth-order valence-corrected chi connectivity index (χ4v) is 2.35. The Kier molecular flexibility index (Phi) is 6.48. The van der Waals surface area contributed by atoms with Crippen LogP contribution in [0.3, 0.4) is 0 Å². The average molecular weight is 265 g/mol. The van der Waals surface area contributed by atoms with Crippen LogP contribution in [0.25, 0.3) is 0 Å². The van der Waals surface area contributed by atoms with Gasteiger partial charge in [-0.2, -0.15) is 0 Å². The van der Waals surface area contributed by atoms with Crippen molar-refractivity contribution < 1.29 is 9.90 Å². The van der Waals surface area contributed by atoms with E-state index in [-0.39, 0.29) is 12.5 Å². The van der Waals surface area contributed by atoms with Gasteiger partial charge in [-0.1, -0.05) is 38.5 Å². The lowest BCUT2D eigenvalue weighted by molar-refractivity contribution is 0.0950. The fourth-order valence-electron chi connectivity index (χ4n) is 1.56. The third kappa shape index (κ3) is 4.52. The topological polar surface area (TPSA) is 49.3 Å². The Balaban J connectivity index is 2.54. The molecular formula is C14H19NO2S. The van der Waals surface area contributed by atoms with Gasteiger partial charge in [-0.25, -0.2) is 0 Å². The van der Waals surface area contributed by atoms with E-state index in [1.54, 1.807) is 12.1 Å². The number of nitrogens with one attached hydrogen (secondary N) is 1. The second-order valence-electron chi connectivity index (χ2n) is 4.02. The van der Waals surface area contributed by atoms with Gasteiger partial charge in [0.25, 0.3) is 5.91 Å². The van der Waals surface area contributed by atoms with Crippen molar-refractivity contribution in [1.29, 1.82) is 0 Å². The highest BCUT2D eigenvalue weighted by Crippen LogP contribution is 2.15. The first-order chi connectivity index (χ1) is 8.71. The number of carbonyl (C=O) groups is 1. The van der Waals surface area contributed by atoms with Gasteiger partial charge in [0.05, 0.1) is 9.75 Å². The summed E-state index contributed by atoms with van der Waals surface area (Å²) in [6.07, 6.45) is 2.16. The van der Waals surface area contributed by atoms with Gasteiger partial charge < -0.3 is 10.4 Å². The highest BCUT2D eigenvalue weighted by atomic mass is 32.1. The van der Waals surface area contributed by atoms with E-state index in [1.807, 2.05) is 0 Å².